The van der Waals surface area contributed by atoms with Gasteiger partial charge in [0.05, 0.1) is 0 Å². The van der Waals surface area contributed by atoms with Gasteiger partial charge in [0.15, 0.2) is 0 Å². The van der Waals surface area contributed by atoms with Crippen LogP contribution in [0.25, 0.3) is 0 Å². The number of hydrogen-bond donors (Lipinski definition) is 0. The number of ether oxygens (including phenoxy) is 1. The average molecular weight is 212 g/mol. The molecule has 0 aromatic carbocycles. The van der Waals surface area contributed by atoms with Crippen molar-refractivity contribution >= 4 is 5.97 Å². The summed E-state index contributed by atoms with van der Waals surface area (Å²) in [5, 5.41) is 0. The summed E-state index contributed by atoms with van der Waals surface area (Å²) in [4.78, 5) is 11.4. The van der Waals surface area contributed by atoms with Crippen molar-refractivity contribution in [1.29, 1.82) is 0 Å². The van der Waals surface area contributed by atoms with Crippen molar-refractivity contribution in [1.82, 2.24) is 0 Å². The molecule has 0 N–H and O–H groups in total. The SMILES string of the molecule is C=C(C)C(=O)OC(C)(CC)CCC(C)C. The van der Waals surface area contributed by atoms with Gasteiger partial charge in [-0.2, -0.15) is 0 Å². The van der Waals surface area contributed by atoms with E-state index in [2.05, 4.69) is 20.4 Å². The molecule has 88 valence electrons. The smallest absolute Gasteiger partial charge is 0.333 e. The molecule has 15 heavy (non-hydrogen) atoms. The normalized spacial score (nSPS) is 14.8. The Balaban J connectivity index is 4.30. The van der Waals surface area contributed by atoms with E-state index < -0.39 is 0 Å². The molecule has 0 aliphatic carbocycles. The van der Waals surface area contributed by atoms with Crippen LogP contribution in [0.15, 0.2) is 12.2 Å². The van der Waals surface area contributed by atoms with Gasteiger partial charge in [-0.25, -0.2) is 4.79 Å². The van der Waals surface area contributed by atoms with E-state index in [1.54, 1.807) is 6.92 Å². The molecule has 0 saturated carbocycles. The number of hydrogen-bond acceptors (Lipinski definition) is 2. The number of carbonyl (C=O) groups is 1. The van der Waals surface area contributed by atoms with Gasteiger partial charge in [0, 0.05) is 5.57 Å². The maximum absolute atomic E-state index is 11.4. The van der Waals surface area contributed by atoms with Gasteiger partial charge in [0.25, 0.3) is 0 Å². The zero-order valence-corrected chi connectivity index (χ0v) is 10.7. The average Bonchev–Trinajstić information content (AvgIpc) is 2.14. The molecule has 2 heteroatoms. The van der Waals surface area contributed by atoms with Crippen molar-refractivity contribution in [3.05, 3.63) is 12.2 Å². The molecular formula is C13H24O2. The summed E-state index contributed by atoms with van der Waals surface area (Å²) in [7, 11) is 0. The maximum atomic E-state index is 11.4. The molecule has 0 amide bonds. The van der Waals surface area contributed by atoms with Crippen molar-refractivity contribution < 1.29 is 9.53 Å². The number of esters is 1. The van der Waals surface area contributed by atoms with E-state index in [1.165, 1.54) is 0 Å². The van der Waals surface area contributed by atoms with Crippen molar-refractivity contribution in [3.63, 3.8) is 0 Å². The summed E-state index contributed by atoms with van der Waals surface area (Å²) in [5.74, 6) is 0.363. The summed E-state index contributed by atoms with van der Waals surface area (Å²) in [6.07, 6.45) is 2.84. The van der Waals surface area contributed by atoms with Crippen molar-refractivity contribution in [2.75, 3.05) is 0 Å². The fourth-order valence-corrected chi connectivity index (χ4v) is 1.20. The first kappa shape index (κ1) is 14.2. The van der Waals surface area contributed by atoms with E-state index in [0.717, 1.165) is 19.3 Å². The van der Waals surface area contributed by atoms with Crippen LogP contribution in [0.3, 0.4) is 0 Å². The second kappa shape index (κ2) is 5.94. The Bertz CT molecular complexity index is 231. The van der Waals surface area contributed by atoms with Crippen LogP contribution in [0.1, 0.15) is 53.9 Å². The summed E-state index contributed by atoms with van der Waals surface area (Å²) in [5.41, 5.74) is 0.138. The van der Waals surface area contributed by atoms with Gasteiger partial charge in [-0.05, 0) is 39.0 Å². The molecule has 0 heterocycles. The van der Waals surface area contributed by atoms with Crippen LogP contribution in [0.4, 0.5) is 0 Å². The lowest BCUT2D eigenvalue weighted by Crippen LogP contribution is -2.31. The van der Waals surface area contributed by atoms with E-state index in [9.17, 15) is 4.79 Å². The minimum Gasteiger partial charge on any atom is -0.456 e. The first-order chi connectivity index (χ1) is 6.80. The fraction of sp³-hybridized carbons (Fsp3) is 0.769. The third-order valence-electron chi connectivity index (χ3n) is 2.69. The van der Waals surface area contributed by atoms with Crippen LogP contribution < -0.4 is 0 Å². The predicted octanol–water partition coefficient (Wildman–Crippen LogP) is 3.71. The largest absolute Gasteiger partial charge is 0.456 e. The second-order valence-electron chi connectivity index (χ2n) is 4.91. The Kier molecular flexibility index (Phi) is 5.63. The van der Waals surface area contributed by atoms with Gasteiger partial charge < -0.3 is 4.74 Å². The fourth-order valence-electron chi connectivity index (χ4n) is 1.20. The first-order valence-electron chi connectivity index (χ1n) is 5.69. The van der Waals surface area contributed by atoms with E-state index in [0.29, 0.717) is 11.5 Å². The van der Waals surface area contributed by atoms with Crippen molar-refractivity contribution in [2.45, 2.75) is 59.5 Å². The monoisotopic (exact) mass is 212 g/mol. The molecule has 0 radical (unpaired) electrons. The molecule has 0 aromatic heterocycles. The molecule has 0 bridgehead atoms. The second-order valence-corrected chi connectivity index (χ2v) is 4.91. The Morgan fingerprint density at radius 1 is 1.47 bits per heavy atom. The minimum absolute atomic E-state index is 0.275. The molecule has 0 fully saturated rings. The Morgan fingerprint density at radius 3 is 2.33 bits per heavy atom. The Morgan fingerprint density at radius 2 is 2.00 bits per heavy atom. The van der Waals surface area contributed by atoms with Gasteiger partial charge >= 0.3 is 5.97 Å². The zero-order valence-electron chi connectivity index (χ0n) is 10.7. The third kappa shape index (κ3) is 5.60. The summed E-state index contributed by atoms with van der Waals surface area (Å²) >= 11 is 0. The highest BCUT2D eigenvalue weighted by molar-refractivity contribution is 5.87. The highest BCUT2D eigenvalue weighted by Crippen LogP contribution is 2.25. The lowest BCUT2D eigenvalue weighted by Gasteiger charge is -2.29. The Hall–Kier alpha value is -0.790. The van der Waals surface area contributed by atoms with Crippen LogP contribution in [0.5, 0.6) is 0 Å². The molecule has 1 atom stereocenters. The van der Waals surface area contributed by atoms with Crippen LogP contribution in [-0.4, -0.2) is 11.6 Å². The van der Waals surface area contributed by atoms with E-state index in [1.807, 2.05) is 13.8 Å². The van der Waals surface area contributed by atoms with Crippen LogP contribution in [0.2, 0.25) is 0 Å². The first-order valence-corrected chi connectivity index (χ1v) is 5.69. The van der Waals surface area contributed by atoms with Crippen LogP contribution in [0, 0.1) is 5.92 Å². The quantitative estimate of drug-likeness (QED) is 0.495. The maximum Gasteiger partial charge on any atom is 0.333 e. The van der Waals surface area contributed by atoms with E-state index >= 15 is 0 Å². The van der Waals surface area contributed by atoms with E-state index in [-0.39, 0.29) is 11.6 Å². The topological polar surface area (TPSA) is 26.3 Å². The molecule has 0 aromatic rings. The summed E-state index contributed by atoms with van der Waals surface area (Å²) in [6.45, 7) is 13.7. The molecule has 2 nitrogen and oxygen atoms in total. The molecular weight excluding hydrogens is 188 g/mol. The lowest BCUT2D eigenvalue weighted by atomic mass is 9.93. The number of carbonyl (C=O) groups excluding carboxylic acids is 1. The van der Waals surface area contributed by atoms with Gasteiger partial charge in [-0.3, -0.25) is 0 Å². The molecule has 0 spiro atoms. The summed E-state index contributed by atoms with van der Waals surface area (Å²) in [6, 6.07) is 0. The van der Waals surface area contributed by atoms with Crippen molar-refractivity contribution in [3.8, 4) is 0 Å². The van der Waals surface area contributed by atoms with Gasteiger partial charge in [0.1, 0.15) is 5.60 Å². The highest BCUT2D eigenvalue weighted by Gasteiger charge is 2.26. The van der Waals surface area contributed by atoms with Gasteiger partial charge in [0.2, 0.25) is 0 Å². The third-order valence-corrected chi connectivity index (χ3v) is 2.69. The molecule has 0 aliphatic heterocycles. The Labute approximate surface area is 93.7 Å². The van der Waals surface area contributed by atoms with Crippen molar-refractivity contribution in [2.24, 2.45) is 5.92 Å². The highest BCUT2D eigenvalue weighted by atomic mass is 16.6. The standard InChI is InChI=1S/C13H24O2/c1-7-13(6,9-8-10(2)3)15-12(14)11(4)5/h10H,4,7-9H2,1-3,5-6H3. The van der Waals surface area contributed by atoms with Crippen LogP contribution in [-0.2, 0) is 9.53 Å². The number of rotatable bonds is 6. The lowest BCUT2D eigenvalue weighted by molar-refractivity contribution is -0.154. The van der Waals surface area contributed by atoms with Gasteiger partial charge in [-0.15, -0.1) is 0 Å². The zero-order chi connectivity index (χ0) is 12.1. The molecule has 1 unspecified atom stereocenters. The molecule has 0 rings (SSSR count). The van der Waals surface area contributed by atoms with E-state index in [4.69, 9.17) is 4.74 Å². The predicted molar refractivity (Wildman–Crippen MR) is 63.7 cm³/mol. The van der Waals surface area contributed by atoms with Crippen LogP contribution >= 0.6 is 0 Å². The molecule has 0 saturated heterocycles. The molecule has 0 aliphatic rings. The summed E-state index contributed by atoms with van der Waals surface area (Å²) < 4.78 is 5.46. The minimum atomic E-state index is -0.333. The van der Waals surface area contributed by atoms with Gasteiger partial charge in [-0.1, -0.05) is 27.4 Å².